The van der Waals surface area contributed by atoms with E-state index in [1.165, 1.54) is 17.2 Å². The highest BCUT2D eigenvalue weighted by atomic mass is 16.6. The molecule has 172 valence electrons. The van der Waals surface area contributed by atoms with Crippen LogP contribution in [0.5, 0.6) is 0 Å². The Hall–Kier alpha value is -3.58. The molecule has 5 rings (SSSR count). The van der Waals surface area contributed by atoms with Crippen molar-refractivity contribution in [3.8, 4) is 0 Å². The van der Waals surface area contributed by atoms with Gasteiger partial charge in [0.15, 0.2) is 23.2 Å². The maximum Gasteiger partial charge on any atom is 0.326 e. The van der Waals surface area contributed by atoms with Gasteiger partial charge in [-0.2, -0.15) is 0 Å². The van der Waals surface area contributed by atoms with Crippen LogP contribution < -0.4 is 5.32 Å². The van der Waals surface area contributed by atoms with Crippen molar-refractivity contribution in [2.24, 2.45) is 0 Å². The molecule has 0 aliphatic carbocycles. The van der Waals surface area contributed by atoms with Crippen molar-refractivity contribution in [2.75, 3.05) is 11.9 Å². The minimum atomic E-state index is -1.31. The number of carboxylic acids is 1. The number of aliphatic hydroxyl groups is 3. The number of benzene rings is 1. The van der Waals surface area contributed by atoms with Gasteiger partial charge in [-0.05, 0) is 11.6 Å². The monoisotopic (exact) mass is 454 g/mol. The van der Waals surface area contributed by atoms with Gasteiger partial charge in [0.2, 0.25) is 0 Å². The van der Waals surface area contributed by atoms with E-state index in [1.807, 2.05) is 24.3 Å². The van der Waals surface area contributed by atoms with Crippen LogP contribution in [0.15, 0.2) is 43.1 Å². The van der Waals surface area contributed by atoms with Gasteiger partial charge < -0.3 is 35.5 Å². The maximum atomic E-state index is 12.0. The highest BCUT2D eigenvalue weighted by Gasteiger charge is 2.44. The van der Waals surface area contributed by atoms with Crippen molar-refractivity contribution in [1.82, 2.24) is 24.5 Å². The summed E-state index contributed by atoms with van der Waals surface area (Å²) in [5.74, 6) is -0.854. The molecule has 0 saturated carbocycles. The van der Waals surface area contributed by atoms with Crippen molar-refractivity contribution in [3.05, 3.63) is 48.7 Å². The Bertz CT molecular complexity index is 1300. The summed E-state index contributed by atoms with van der Waals surface area (Å²) in [6.07, 6.45) is 0.0360. The molecule has 5 atom stereocenters. The van der Waals surface area contributed by atoms with Crippen molar-refractivity contribution in [3.63, 3.8) is 0 Å². The third-order valence-electron chi connectivity index (χ3n) is 5.86. The zero-order chi connectivity index (χ0) is 23.1. The minimum Gasteiger partial charge on any atom is -0.480 e. The number of aromatic nitrogens is 5. The summed E-state index contributed by atoms with van der Waals surface area (Å²) in [7, 11) is 0. The number of nitrogens with one attached hydrogen (secondary N) is 2. The van der Waals surface area contributed by atoms with E-state index < -0.39 is 43.2 Å². The average Bonchev–Trinajstić information content (AvgIpc) is 3.50. The molecule has 4 aromatic rings. The quantitative estimate of drug-likeness (QED) is 0.223. The van der Waals surface area contributed by atoms with Gasteiger partial charge in [0.05, 0.1) is 12.9 Å². The number of carboxylic acid groups (broad SMARTS) is 1. The summed E-state index contributed by atoms with van der Waals surface area (Å²) < 4.78 is 6.97. The molecule has 4 heterocycles. The molecule has 12 heteroatoms. The first-order valence-electron chi connectivity index (χ1n) is 10.3. The van der Waals surface area contributed by atoms with Crippen LogP contribution in [-0.2, 0) is 16.0 Å². The second-order valence-corrected chi connectivity index (χ2v) is 7.87. The van der Waals surface area contributed by atoms with E-state index in [0.717, 1.165) is 16.5 Å². The van der Waals surface area contributed by atoms with Gasteiger partial charge in [-0.1, -0.05) is 18.2 Å². The van der Waals surface area contributed by atoms with Gasteiger partial charge in [0, 0.05) is 23.5 Å². The van der Waals surface area contributed by atoms with Crippen LogP contribution in [-0.4, -0.2) is 81.9 Å². The molecule has 0 spiro atoms. The van der Waals surface area contributed by atoms with Crippen LogP contribution in [0.1, 0.15) is 11.8 Å². The summed E-state index contributed by atoms with van der Waals surface area (Å²) in [6, 6.07) is 6.63. The number of aliphatic carboxylic acids is 1. The Balaban J connectivity index is 1.44. The lowest BCUT2D eigenvalue weighted by Crippen LogP contribution is -2.33. The molecule has 6 N–H and O–H groups in total. The van der Waals surface area contributed by atoms with Gasteiger partial charge in [-0.15, -0.1) is 0 Å². The number of H-pyrrole nitrogens is 1. The molecule has 0 bridgehead atoms. The number of aromatic amines is 1. The number of aliphatic hydroxyl groups excluding tert-OH is 3. The Kier molecular flexibility index (Phi) is 5.42. The maximum absolute atomic E-state index is 12.0. The molecular weight excluding hydrogens is 432 g/mol. The summed E-state index contributed by atoms with van der Waals surface area (Å²) in [5, 5.41) is 43.4. The number of hydrogen-bond acceptors (Lipinski definition) is 9. The van der Waals surface area contributed by atoms with Crippen molar-refractivity contribution >= 4 is 33.9 Å². The Morgan fingerprint density at radius 3 is 2.79 bits per heavy atom. The normalized spacial score (nSPS) is 23.8. The molecule has 1 aliphatic rings. The SMILES string of the molecule is O=C(O)[C@@H](Cc1c[nH]c2ccccc12)Nc1ncnc2c1ncn2C1OC(CO)C(O)C1O. The molecule has 0 radical (unpaired) electrons. The molecular formula is C21H22N6O6. The molecule has 1 aromatic carbocycles. The van der Waals surface area contributed by atoms with Crippen molar-refractivity contribution < 1.29 is 30.0 Å². The van der Waals surface area contributed by atoms with Gasteiger partial charge >= 0.3 is 5.97 Å². The molecule has 4 unspecified atom stereocenters. The van der Waals surface area contributed by atoms with Crippen molar-refractivity contribution in [1.29, 1.82) is 0 Å². The number of imidazole rings is 1. The van der Waals surface area contributed by atoms with Crippen LogP contribution in [0.2, 0.25) is 0 Å². The molecule has 3 aromatic heterocycles. The number of fused-ring (bicyclic) bond motifs is 2. The fraction of sp³-hybridized carbons (Fsp3) is 0.333. The topological polar surface area (TPSA) is 179 Å². The van der Waals surface area contributed by atoms with E-state index in [1.54, 1.807) is 6.20 Å². The lowest BCUT2D eigenvalue weighted by atomic mass is 10.1. The summed E-state index contributed by atoms with van der Waals surface area (Å²) in [5.41, 5.74) is 2.31. The number of nitrogens with zero attached hydrogens (tertiary/aromatic N) is 4. The predicted octanol–water partition coefficient (Wildman–Crippen LogP) is 0.0269. The zero-order valence-corrected chi connectivity index (χ0v) is 17.2. The van der Waals surface area contributed by atoms with E-state index in [-0.39, 0.29) is 23.4 Å². The van der Waals surface area contributed by atoms with Crippen LogP contribution in [0.25, 0.3) is 22.1 Å². The smallest absolute Gasteiger partial charge is 0.326 e. The first-order chi connectivity index (χ1) is 16.0. The summed E-state index contributed by atoms with van der Waals surface area (Å²) >= 11 is 0. The van der Waals surface area contributed by atoms with Crippen LogP contribution >= 0.6 is 0 Å². The van der Waals surface area contributed by atoms with Gasteiger partial charge in [-0.3, -0.25) is 4.57 Å². The Labute approximate surface area is 186 Å². The highest BCUT2D eigenvalue weighted by Crippen LogP contribution is 2.32. The zero-order valence-electron chi connectivity index (χ0n) is 17.2. The second kappa shape index (κ2) is 8.41. The third-order valence-corrected chi connectivity index (χ3v) is 5.86. The van der Waals surface area contributed by atoms with E-state index in [0.29, 0.717) is 0 Å². The summed E-state index contributed by atoms with van der Waals surface area (Å²) in [6.45, 7) is -0.461. The Morgan fingerprint density at radius 2 is 2.03 bits per heavy atom. The third kappa shape index (κ3) is 3.68. The number of anilines is 1. The highest BCUT2D eigenvalue weighted by molar-refractivity contribution is 5.88. The minimum absolute atomic E-state index is 0.195. The number of hydrogen-bond donors (Lipinski definition) is 6. The number of ether oxygens (including phenoxy) is 1. The van der Waals surface area contributed by atoms with E-state index in [2.05, 4.69) is 25.3 Å². The molecule has 0 amide bonds. The van der Waals surface area contributed by atoms with E-state index >= 15 is 0 Å². The lowest BCUT2D eigenvalue weighted by Gasteiger charge is -2.17. The number of carbonyl (C=O) groups is 1. The second-order valence-electron chi connectivity index (χ2n) is 7.87. The fourth-order valence-corrected chi connectivity index (χ4v) is 4.14. The molecule has 1 fully saturated rings. The predicted molar refractivity (Wildman–Crippen MR) is 115 cm³/mol. The van der Waals surface area contributed by atoms with Crippen LogP contribution in [0, 0.1) is 0 Å². The summed E-state index contributed by atoms with van der Waals surface area (Å²) in [4.78, 5) is 27.8. The molecule has 1 aliphatic heterocycles. The van der Waals surface area contributed by atoms with Gasteiger partial charge in [0.25, 0.3) is 0 Å². The van der Waals surface area contributed by atoms with Gasteiger partial charge in [0.1, 0.15) is 30.7 Å². The first kappa shape index (κ1) is 21.3. The first-order valence-corrected chi connectivity index (χ1v) is 10.3. The molecule has 33 heavy (non-hydrogen) atoms. The lowest BCUT2D eigenvalue weighted by molar-refractivity contribution is -0.137. The largest absolute Gasteiger partial charge is 0.480 e. The fourth-order valence-electron chi connectivity index (χ4n) is 4.14. The van der Waals surface area contributed by atoms with E-state index in [9.17, 15) is 25.2 Å². The molecule has 12 nitrogen and oxygen atoms in total. The number of rotatable bonds is 7. The van der Waals surface area contributed by atoms with Crippen LogP contribution in [0.4, 0.5) is 5.82 Å². The van der Waals surface area contributed by atoms with Crippen LogP contribution in [0.3, 0.4) is 0 Å². The van der Waals surface area contributed by atoms with Crippen molar-refractivity contribution in [2.45, 2.75) is 37.0 Å². The Morgan fingerprint density at radius 1 is 1.21 bits per heavy atom. The average molecular weight is 454 g/mol. The van der Waals surface area contributed by atoms with E-state index in [4.69, 9.17) is 4.74 Å². The molecule has 1 saturated heterocycles. The standard InChI is InChI=1S/C21H22N6O6/c28-7-14-16(29)17(30)20(33-14)27-9-25-15-18(23-8-24-19(15)27)26-13(21(31)32)5-10-6-22-12-4-2-1-3-11(10)12/h1-4,6,8-9,13-14,16-17,20,22,28-30H,5,7H2,(H,31,32)(H,23,24,26)/t13-,14?,16?,17?,20?/m1/s1. The van der Waals surface area contributed by atoms with Gasteiger partial charge in [-0.25, -0.2) is 19.7 Å². The number of para-hydroxylation sites is 1.